The highest BCUT2D eigenvalue weighted by molar-refractivity contribution is 9.11. The molecule has 38 heavy (non-hydrogen) atoms. The summed E-state index contributed by atoms with van der Waals surface area (Å²) >= 11 is 7.04. The molecule has 0 aliphatic carbocycles. The molecule has 0 aliphatic rings. The van der Waals surface area contributed by atoms with E-state index in [0.717, 1.165) is 12.0 Å². The highest BCUT2D eigenvalue weighted by atomic mass is 79.9. The molecule has 0 heterocycles. The van der Waals surface area contributed by atoms with E-state index in [9.17, 15) is 14.7 Å². The number of phenolic OH excluding ortho intramolecular Hbond substituents is 1. The van der Waals surface area contributed by atoms with Gasteiger partial charge in [0, 0.05) is 16.8 Å². The minimum atomic E-state index is -0.601. The van der Waals surface area contributed by atoms with Crippen molar-refractivity contribution in [1.29, 1.82) is 0 Å². The number of benzene rings is 3. The van der Waals surface area contributed by atoms with E-state index in [2.05, 4.69) is 42.3 Å². The second-order valence-corrected chi connectivity index (χ2v) is 9.95. The van der Waals surface area contributed by atoms with Crippen LogP contribution < -0.4 is 10.1 Å². The molecule has 0 saturated heterocycles. The van der Waals surface area contributed by atoms with Gasteiger partial charge in [0.1, 0.15) is 11.5 Å². The van der Waals surface area contributed by atoms with Crippen molar-refractivity contribution < 1.29 is 29.0 Å². The molecule has 3 rings (SSSR count). The molecule has 3 aromatic carbocycles. The quantitative estimate of drug-likeness (QED) is 0.130. The smallest absolute Gasteiger partial charge is 0.347 e. The number of hydrogen-bond donors (Lipinski definition) is 2. The number of amides is 1. The van der Waals surface area contributed by atoms with Gasteiger partial charge in [0.2, 0.25) is 6.61 Å². The van der Waals surface area contributed by atoms with E-state index in [1.165, 1.54) is 0 Å². The van der Waals surface area contributed by atoms with Gasteiger partial charge in [-0.1, -0.05) is 37.2 Å². The van der Waals surface area contributed by atoms with Crippen LogP contribution in [0.25, 0.3) is 0 Å². The number of anilines is 1. The maximum atomic E-state index is 13.2. The number of phenols is 1. The average molecular weight is 648 g/mol. The molecule has 0 bridgehead atoms. The summed E-state index contributed by atoms with van der Waals surface area (Å²) in [6, 6.07) is 17.3. The third-order valence-electron chi connectivity index (χ3n) is 5.52. The van der Waals surface area contributed by atoms with E-state index in [1.54, 1.807) is 61.5 Å². The molecule has 0 aromatic heterocycles. The van der Waals surface area contributed by atoms with Crippen LogP contribution in [0.15, 0.2) is 74.8 Å². The highest BCUT2D eigenvalue weighted by Crippen LogP contribution is 2.40. The summed E-state index contributed by atoms with van der Waals surface area (Å²) in [6.07, 6.45) is 0.866. The first-order valence-electron chi connectivity index (χ1n) is 12.0. The topological polar surface area (TPSA) is 106 Å². The minimum absolute atomic E-state index is 0.0604. The van der Waals surface area contributed by atoms with Crippen LogP contribution in [-0.4, -0.2) is 35.9 Å². The number of para-hydroxylation sites is 1. The van der Waals surface area contributed by atoms with Gasteiger partial charge < -0.3 is 24.7 Å². The SMILES string of the molecule is CCOC(=O)CO/N=C(/C(=O)Nc1ccccc1)c1cc(Br)c(Oc2ccc(O)c(C(C)CC)c2)c(Br)c1. The summed E-state index contributed by atoms with van der Waals surface area (Å²) in [6.45, 7) is 5.52. The fourth-order valence-corrected chi connectivity index (χ4v) is 4.76. The number of ether oxygens (including phenoxy) is 2. The fourth-order valence-electron chi connectivity index (χ4n) is 3.41. The van der Waals surface area contributed by atoms with Crippen molar-refractivity contribution >= 4 is 55.1 Å². The Kier molecular flexibility index (Phi) is 10.7. The Morgan fingerprint density at radius 2 is 1.71 bits per heavy atom. The van der Waals surface area contributed by atoms with Gasteiger partial charge in [0.25, 0.3) is 5.91 Å². The number of nitrogens with zero attached hydrogens (tertiary/aromatic N) is 1. The normalized spacial score (nSPS) is 12.0. The van der Waals surface area contributed by atoms with E-state index >= 15 is 0 Å². The zero-order valence-electron chi connectivity index (χ0n) is 21.2. The predicted molar refractivity (Wildman–Crippen MR) is 153 cm³/mol. The zero-order valence-corrected chi connectivity index (χ0v) is 24.3. The standard InChI is InChI=1S/C28H28Br2N2O6/c1-4-17(3)21-15-20(11-12-24(21)33)38-27-22(29)13-18(14-23(27)30)26(32-37-16-25(34)36-5-2)28(35)31-19-9-7-6-8-10-19/h6-15,17,33H,4-5,16H2,1-3H3,(H,31,35)/b32-26+. The maximum Gasteiger partial charge on any atom is 0.347 e. The second kappa shape index (κ2) is 14.0. The van der Waals surface area contributed by atoms with E-state index < -0.39 is 18.5 Å². The molecule has 2 N–H and O–H groups in total. The Morgan fingerprint density at radius 1 is 1.03 bits per heavy atom. The lowest BCUT2D eigenvalue weighted by Crippen LogP contribution is -2.25. The number of oxime groups is 1. The fraction of sp³-hybridized carbons (Fsp3) is 0.250. The monoisotopic (exact) mass is 646 g/mol. The van der Waals surface area contributed by atoms with Gasteiger partial charge >= 0.3 is 5.97 Å². The first-order valence-corrected chi connectivity index (χ1v) is 13.5. The number of esters is 1. The molecule has 0 spiro atoms. The van der Waals surface area contributed by atoms with Crippen LogP contribution in [0, 0.1) is 0 Å². The first kappa shape index (κ1) is 29.2. The average Bonchev–Trinajstić information content (AvgIpc) is 2.89. The van der Waals surface area contributed by atoms with Gasteiger partial charge in [-0.2, -0.15) is 0 Å². The largest absolute Gasteiger partial charge is 0.508 e. The summed E-state index contributed by atoms with van der Waals surface area (Å²) in [5.41, 5.74) is 1.70. The Hall–Kier alpha value is -3.37. The van der Waals surface area contributed by atoms with Crippen molar-refractivity contribution in [2.24, 2.45) is 5.16 Å². The number of aromatic hydroxyl groups is 1. The molecule has 0 saturated carbocycles. The third-order valence-corrected chi connectivity index (χ3v) is 6.70. The minimum Gasteiger partial charge on any atom is -0.508 e. The van der Waals surface area contributed by atoms with E-state index in [4.69, 9.17) is 14.3 Å². The number of carbonyl (C=O) groups is 2. The van der Waals surface area contributed by atoms with E-state index in [-0.39, 0.29) is 24.0 Å². The van der Waals surface area contributed by atoms with Crippen molar-refractivity contribution in [3.63, 3.8) is 0 Å². The van der Waals surface area contributed by atoms with Gasteiger partial charge in [-0.3, -0.25) is 4.79 Å². The number of nitrogens with one attached hydrogen (secondary N) is 1. The van der Waals surface area contributed by atoms with E-state index in [1.807, 2.05) is 19.9 Å². The Morgan fingerprint density at radius 3 is 2.34 bits per heavy atom. The lowest BCUT2D eigenvalue weighted by Gasteiger charge is -2.16. The molecule has 1 atom stereocenters. The number of carbonyl (C=O) groups excluding carboxylic acids is 2. The molecule has 0 fully saturated rings. The molecular weight excluding hydrogens is 620 g/mol. The number of rotatable bonds is 11. The molecule has 0 radical (unpaired) electrons. The molecule has 200 valence electrons. The highest BCUT2D eigenvalue weighted by Gasteiger charge is 2.21. The summed E-state index contributed by atoms with van der Waals surface area (Å²) in [5.74, 6) is 0.239. The van der Waals surface area contributed by atoms with Gasteiger partial charge in [-0.25, -0.2) is 4.79 Å². The summed E-state index contributed by atoms with van der Waals surface area (Å²) in [4.78, 5) is 30.0. The van der Waals surface area contributed by atoms with Crippen molar-refractivity contribution in [2.75, 3.05) is 18.5 Å². The van der Waals surface area contributed by atoms with Crippen molar-refractivity contribution in [3.05, 3.63) is 80.7 Å². The van der Waals surface area contributed by atoms with Gasteiger partial charge in [-0.15, -0.1) is 0 Å². The molecule has 0 aliphatic heterocycles. The lowest BCUT2D eigenvalue weighted by molar-refractivity contribution is -0.148. The number of halogens is 2. The van der Waals surface area contributed by atoms with E-state index in [0.29, 0.717) is 31.7 Å². The third kappa shape index (κ3) is 7.82. The summed E-state index contributed by atoms with van der Waals surface area (Å²) in [5, 5.41) is 17.0. The van der Waals surface area contributed by atoms with Crippen LogP contribution in [0.3, 0.4) is 0 Å². The Balaban J connectivity index is 1.92. The molecule has 10 heteroatoms. The van der Waals surface area contributed by atoms with Gasteiger partial charge in [-0.05, 0) is 93.6 Å². The molecule has 8 nitrogen and oxygen atoms in total. The molecular formula is C28H28Br2N2O6. The zero-order chi connectivity index (χ0) is 27.7. The molecule has 1 amide bonds. The van der Waals surface area contributed by atoms with Crippen LogP contribution in [0.4, 0.5) is 5.69 Å². The lowest BCUT2D eigenvalue weighted by atomic mass is 9.97. The van der Waals surface area contributed by atoms with Crippen molar-refractivity contribution in [1.82, 2.24) is 0 Å². The van der Waals surface area contributed by atoms with Gasteiger partial charge in [0.15, 0.2) is 11.5 Å². The molecule has 3 aromatic rings. The van der Waals surface area contributed by atoms with Crippen LogP contribution in [-0.2, 0) is 19.2 Å². The maximum absolute atomic E-state index is 13.2. The molecule has 1 unspecified atom stereocenters. The van der Waals surface area contributed by atoms with Crippen molar-refractivity contribution in [3.8, 4) is 17.2 Å². The van der Waals surface area contributed by atoms with Crippen LogP contribution in [0.2, 0.25) is 0 Å². The Labute approximate surface area is 238 Å². The van der Waals surface area contributed by atoms with Crippen molar-refractivity contribution in [2.45, 2.75) is 33.1 Å². The van der Waals surface area contributed by atoms with Crippen LogP contribution in [0.1, 0.15) is 44.2 Å². The van der Waals surface area contributed by atoms with Crippen LogP contribution in [0.5, 0.6) is 17.2 Å². The second-order valence-electron chi connectivity index (χ2n) is 8.24. The van der Waals surface area contributed by atoms with Gasteiger partial charge in [0.05, 0.1) is 15.6 Å². The predicted octanol–water partition coefficient (Wildman–Crippen LogP) is 7.15. The number of hydrogen-bond acceptors (Lipinski definition) is 7. The summed E-state index contributed by atoms with van der Waals surface area (Å²) in [7, 11) is 0. The first-order chi connectivity index (χ1) is 18.2. The summed E-state index contributed by atoms with van der Waals surface area (Å²) < 4.78 is 12.0. The Bertz CT molecular complexity index is 1290. The van der Waals surface area contributed by atoms with Crippen LogP contribution >= 0.6 is 31.9 Å².